The molecule has 0 unspecified atom stereocenters. The minimum Gasteiger partial charge on any atom is -0.365 e. The van der Waals surface area contributed by atoms with Crippen molar-refractivity contribution in [2.45, 2.75) is 19.9 Å². The van der Waals surface area contributed by atoms with Gasteiger partial charge >= 0.3 is 0 Å². The summed E-state index contributed by atoms with van der Waals surface area (Å²) in [6.45, 7) is 1.54. The fourth-order valence-electron chi connectivity index (χ4n) is 3.35. The molecular weight excluding hydrogens is 464 g/mol. The van der Waals surface area contributed by atoms with Crippen LogP contribution in [0.5, 0.6) is 0 Å². The van der Waals surface area contributed by atoms with E-state index in [1.807, 2.05) is 0 Å². The van der Waals surface area contributed by atoms with Crippen molar-refractivity contribution < 1.29 is 18.4 Å². The highest BCUT2D eigenvalue weighted by Gasteiger charge is 2.26. The molecule has 0 fully saturated rings. The van der Waals surface area contributed by atoms with E-state index < -0.39 is 23.9 Å². The topological polar surface area (TPSA) is 121 Å². The number of fused-ring (bicyclic) bond motifs is 1. The van der Waals surface area contributed by atoms with Crippen LogP contribution in [0.15, 0.2) is 24.7 Å². The third-order valence-corrected chi connectivity index (χ3v) is 5.90. The number of hydrogen-bond donors (Lipinski definition) is 2. The van der Waals surface area contributed by atoms with Crippen LogP contribution in [0.3, 0.4) is 0 Å². The molecule has 2 amide bonds. The molecule has 0 bridgehead atoms. The number of carbonyl (C=O) groups excluding carboxylic acids is 2. The number of primary amides is 1. The van der Waals surface area contributed by atoms with Crippen molar-refractivity contribution in [1.82, 2.24) is 24.5 Å². The highest BCUT2D eigenvalue weighted by Crippen LogP contribution is 2.43. The van der Waals surface area contributed by atoms with Gasteiger partial charge in [-0.05, 0) is 18.6 Å². The van der Waals surface area contributed by atoms with E-state index in [1.165, 1.54) is 23.1 Å². The normalized spacial score (nSPS) is 11.4. The zero-order valence-corrected chi connectivity index (χ0v) is 18.3. The molecule has 4 aromatic rings. The lowest BCUT2D eigenvalue weighted by atomic mass is 10.0. The van der Waals surface area contributed by atoms with Gasteiger partial charge in [0.2, 0.25) is 5.91 Å². The molecule has 4 heterocycles. The van der Waals surface area contributed by atoms with Crippen molar-refractivity contribution in [3.8, 4) is 11.1 Å². The maximum Gasteiger partial charge on any atom is 0.280 e. The number of rotatable bonds is 6. The predicted molar refractivity (Wildman–Crippen MR) is 116 cm³/mol. The number of amides is 2. The molecule has 4 aromatic heterocycles. The SMILES string of the molecule is Cc1nn(C)cc1-c1cc(C(F)F)nc2sc(C(N)=O)c(NC(=O)Cn3cc(Cl)cn3)c12. The Morgan fingerprint density at radius 3 is 2.62 bits per heavy atom. The summed E-state index contributed by atoms with van der Waals surface area (Å²) in [5.74, 6) is -1.34. The van der Waals surface area contributed by atoms with E-state index in [1.54, 1.807) is 24.9 Å². The van der Waals surface area contributed by atoms with Crippen LogP contribution in [-0.2, 0) is 18.4 Å². The van der Waals surface area contributed by atoms with Crippen LogP contribution in [0.2, 0.25) is 5.02 Å². The third kappa shape index (κ3) is 4.06. The summed E-state index contributed by atoms with van der Waals surface area (Å²) < 4.78 is 30.0. The molecule has 0 saturated heterocycles. The van der Waals surface area contributed by atoms with Crippen LogP contribution in [-0.4, -0.2) is 36.4 Å². The standard InChI is InChI=1S/C19H16ClF2N7O2S/c1-8-11(6-28(2)27-8)10-3-12(17(21)22)25-19-14(10)15(16(32-19)18(23)31)26-13(30)7-29-5-9(20)4-24-29/h3-6,17H,7H2,1-2H3,(H2,23,31)(H,26,30). The number of aryl methyl sites for hydroxylation is 2. The smallest absolute Gasteiger partial charge is 0.280 e. The fraction of sp³-hybridized carbons (Fsp3) is 0.211. The van der Waals surface area contributed by atoms with Crippen molar-refractivity contribution in [3.05, 3.63) is 45.9 Å². The quantitative estimate of drug-likeness (QED) is 0.438. The van der Waals surface area contributed by atoms with Crippen LogP contribution < -0.4 is 11.1 Å². The Balaban J connectivity index is 1.90. The summed E-state index contributed by atoms with van der Waals surface area (Å²) in [6, 6.07) is 1.23. The summed E-state index contributed by atoms with van der Waals surface area (Å²) in [7, 11) is 1.70. The first-order chi connectivity index (χ1) is 15.1. The Labute approximate surface area is 188 Å². The number of aromatic nitrogens is 5. The zero-order valence-electron chi connectivity index (χ0n) is 16.8. The molecule has 32 heavy (non-hydrogen) atoms. The lowest BCUT2D eigenvalue weighted by Crippen LogP contribution is -2.21. The fourth-order valence-corrected chi connectivity index (χ4v) is 4.52. The summed E-state index contributed by atoms with van der Waals surface area (Å²) in [5, 5.41) is 11.6. The number of nitrogens with zero attached hydrogens (tertiary/aromatic N) is 5. The van der Waals surface area contributed by atoms with Gasteiger partial charge in [0.05, 0.1) is 22.6 Å². The largest absolute Gasteiger partial charge is 0.365 e. The average molecular weight is 480 g/mol. The first-order valence-corrected chi connectivity index (χ1v) is 10.4. The van der Waals surface area contributed by atoms with Crippen molar-refractivity contribution in [2.24, 2.45) is 12.8 Å². The predicted octanol–water partition coefficient (Wildman–Crippen LogP) is 3.53. The first-order valence-electron chi connectivity index (χ1n) is 9.18. The second-order valence-corrected chi connectivity index (χ2v) is 8.39. The van der Waals surface area contributed by atoms with Gasteiger partial charge < -0.3 is 11.1 Å². The highest BCUT2D eigenvalue weighted by molar-refractivity contribution is 7.21. The van der Waals surface area contributed by atoms with Gasteiger partial charge in [-0.25, -0.2) is 13.8 Å². The summed E-state index contributed by atoms with van der Waals surface area (Å²) in [5.41, 5.74) is 6.66. The van der Waals surface area contributed by atoms with Crippen LogP contribution in [0.25, 0.3) is 21.3 Å². The number of carbonyl (C=O) groups is 2. The summed E-state index contributed by atoms with van der Waals surface area (Å²) in [4.78, 5) is 29.0. The van der Waals surface area contributed by atoms with Crippen LogP contribution >= 0.6 is 22.9 Å². The molecule has 0 radical (unpaired) electrons. The van der Waals surface area contributed by atoms with E-state index in [4.69, 9.17) is 17.3 Å². The van der Waals surface area contributed by atoms with Gasteiger partial charge in [-0.1, -0.05) is 11.6 Å². The second-order valence-electron chi connectivity index (χ2n) is 6.95. The maximum atomic E-state index is 13.6. The summed E-state index contributed by atoms with van der Waals surface area (Å²) >= 11 is 6.66. The maximum absolute atomic E-state index is 13.6. The van der Waals surface area contributed by atoms with Crippen molar-refractivity contribution >= 4 is 50.7 Å². The number of pyridine rings is 1. The van der Waals surface area contributed by atoms with Gasteiger partial charge in [0.1, 0.15) is 21.9 Å². The van der Waals surface area contributed by atoms with Gasteiger partial charge in [0.25, 0.3) is 12.3 Å². The Kier molecular flexibility index (Phi) is 5.65. The lowest BCUT2D eigenvalue weighted by molar-refractivity contribution is -0.116. The van der Waals surface area contributed by atoms with Gasteiger partial charge in [-0.2, -0.15) is 10.2 Å². The molecular formula is C19H16ClF2N7O2S. The zero-order chi connectivity index (χ0) is 23.2. The number of alkyl halides is 2. The number of hydrogen-bond acceptors (Lipinski definition) is 6. The first kappa shape index (κ1) is 21.8. The van der Waals surface area contributed by atoms with Crippen LogP contribution in [0.4, 0.5) is 14.5 Å². The molecule has 0 aliphatic rings. The molecule has 0 aromatic carbocycles. The second kappa shape index (κ2) is 8.28. The lowest BCUT2D eigenvalue weighted by Gasteiger charge is -2.10. The van der Waals surface area contributed by atoms with E-state index in [0.717, 1.165) is 11.3 Å². The molecule has 0 aliphatic carbocycles. The van der Waals surface area contributed by atoms with Crippen LogP contribution in [0.1, 0.15) is 27.5 Å². The number of halogens is 3. The average Bonchev–Trinajstić information content (AvgIpc) is 3.38. The van der Waals surface area contributed by atoms with Gasteiger partial charge in [-0.15, -0.1) is 11.3 Å². The van der Waals surface area contributed by atoms with Gasteiger partial charge in [0, 0.05) is 30.4 Å². The molecule has 0 aliphatic heterocycles. The number of nitrogens with one attached hydrogen (secondary N) is 1. The Morgan fingerprint density at radius 1 is 1.31 bits per heavy atom. The molecule has 4 rings (SSSR count). The molecule has 0 saturated carbocycles. The van der Waals surface area contributed by atoms with Gasteiger partial charge in [0.15, 0.2) is 0 Å². The van der Waals surface area contributed by atoms with Crippen molar-refractivity contribution in [3.63, 3.8) is 0 Å². The van der Waals surface area contributed by atoms with E-state index in [0.29, 0.717) is 27.2 Å². The van der Waals surface area contributed by atoms with E-state index in [2.05, 4.69) is 20.5 Å². The molecule has 9 nitrogen and oxygen atoms in total. The minimum absolute atomic E-state index is 0.00597. The monoisotopic (exact) mass is 479 g/mol. The van der Waals surface area contributed by atoms with E-state index in [9.17, 15) is 18.4 Å². The van der Waals surface area contributed by atoms with Crippen molar-refractivity contribution in [1.29, 1.82) is 0 Å². The van der Waals surface area contributed by atoms with Crippen molar-refractivity contribution in [2.75, 3.05) is 5.32 Å². The number of anilines is 1. The van der Waals surface area contributed by atoms with Gasteiger partial charge in [-0.3, -0.25) is 19.0 Å². The Bertz CT molecular complexity index is 1360. The molecule has 0 atom stereocenters. The van der Waals surface area contributed by atoms with E-state index in [-0.39, 0.29) is 21.9 Å². The molecule has 13 heteroatoms. The number of thiophene rings is 1. The summed E-state index contributed by atoms with van der Waals surface area (Å²) in [6.07, 6.45) is 1.67. The number of nitrogens with two attached hydrogens (primary N) is 1. The Morgan fingerprint density at radius 2 is 2.06 bits per heavy atom. The third-order valence-electron chi connectivity index (χ3n) is 4.60. The van der Waals surface area contributed by atoms with Crippen LogP contribution in [0, 0.1) is 6.92 Å². The Hall–Kier alpha value is -3.38. The molecule has 3 N–H and O–H groups in total. The highest BCUT2D eigenvalue weighted by atomic mass is 35.5. The molecule has 166 valence electrons. The van der Waals surface area contributed by atoms with E-state index >= 15 is 0 Å². The molecule has 0 spiro atoms. The minimum atomic E-state index is -2.84.